The molecule has 2 aromatic rings. The molecule has 0 aromatic heterocycles. The van der Waals surface area contributed by atoms with E-state index in [1.807, 2.05) is 31.2 Å². The predicted octanol–water partition coefficient (Wildman–Crippen LogP) is 2.59. The van der Waals surface area contributed by atoms with Gasteiger partial charge < -0.3 is 15.1 Å². The van der Waals surface area contributed by atoms with Gasteiger partial charge in [-0.3, -0.25) is 14.5 Å². The molecular weight excluding hydrogens is 388 g/mol. The first-order valence-corrected chi connectivity index (χ1v) is 11.2. The zero-order valence-electron chi connectivity index (χ0n) is 18.5. The van der Waals surface area contributed by atoms with Crippen molar-refractivity contribution in [2.75, 3.05) is 55.6 Å². The second kappa shape index (κ2) is 9.52. The van der Waals surface area contributed by atoms with Crippen LogP contribution in [0.2, 0.25) is 0 Å². The van der Waals surface area contributed by atoms with Crippen LogP contribution in [0.3, 0.4) is 0 Å². The third-order valence-corrected chi connectivity index (χ3v) is 6.31. The molecular formula is C25H32N4O2. The molecule has 2 fully saturated rings. The Balaban J connectivity index is 1.19. The third-order valence-electron chi connectivity index (χ3n) is 6.31. The number of amides is 2. The topological polar surface area (TPSA) is 55.9 Å². The van der Waals surface area contributed by atoms with Crippen molar-refractivity contribution in [2.45, 2.75) is 20.3 Å². The van der Waals surface area contributed by atoms with Gasteiger partial charge in [-0.05, 0) is 43.7 Å². The molecule has 2 saturated heterocycles. The molecule has 4 rings (SSSR count). The lowest BCUT2D eigenvalue weighted by atomic mass is 10.1. The summed E-state index contributed by atoms with van der Waals surface area (Å²) in [6, 6.07) is 16.5. The summed E-state index contributed by atoms with van der Waals surface area (Å²) >= 11 is 0. The first-order chi connectivity index (χ1) is 15.0. The molecule has 0 aliphatic carbocycles. The molecule has 1 atom stereocenters. The Morgan fingerprint density at radius 3 is 2.42 bits per heavy atom. The molecule has 2 aliphatic heterocycles. The Kier molecular flexibility index (Phi) is 6.56. The quantitative estimate of drug-likeness (QED) is 0.781. The number of hydrogen-bond acceptors (Lipinski definition) is 4. The Hall–Kier alpha value is -2.86. The largest absolute Gasteiger partial charge is 0.369 e. The molecule has 2 amide bonds. The number of nitrogens with one attached hydrogen (secondary N) is 1. The number of anilines is 2. The van der Waals surface area contributed by atoms with Gasteiger partial charge in [0.15, 0.2) is 0 Å². The SMILES string of the molecule is Cc1ccc(N2CC(C(=O)NCCN3CCN(c4cccc(C)c4)CC3)CC2=O)cc1. The fourth-order valence-corrected chi connectivity index (χ4v) is 4.39. The van der Waals surface area contributed by atoms with E-state index in [0.29, 0.717) is 13.1 Å². The first-order valence-electron chi connectivity index (χ1n) is 11.2. The van der Waals surface area contributed by atoms with Crippen LogP contribution in [0.15, 0.2) is 48.5 Å². The summed E-state index contributed by atoms with van der Waals surface area (Å²) in [7, 11) is 0. The standard InChI is InChI=1S/C25H32N4O2/c1-19-6-8-22(9-7-19)29-18-21(17-24(29)30)25(31)26-10-11-27-12-14-28(15-13-27)23-5-3-4-20(2)16-23/h3-9,16,21H,10-15,17-18H2,1-2H3,(H,26,31). The van der Waals surface area contributed by atoms with Crippen LogP contribution < -0.4 is 15.1 Å². The zero-order chi connectivity index (χ0) is 21.8. The summed E-state index contributed by atoms with van der Waals surface area (Å²) in [4.78, 5) is 31.6. The van der Waals surface area contributed by atoms with Crippen LogP contribution in [0.25, 0.3) is 0 Å². The molecule has 0 saturated carbocycles. The summed E-state index contributed by atoms with van der Waals surface area (Å²) in [5.41, 5.74) is 4.60. The van der Waals surface area contributed by atoms with Crippen LogP contribution in [0, 0.1) is 19.8 Å². The minimum absolute atomic E-state index is 0.0126. The highest BCUT2D eigenvalue weighted by Crippen LogP contribution is 2.25. The van der Waals surface area contributed by atoms with Crippen molar-refractivity contribution < 1.29 is 9.59 Å². The summed E-state index contributed by atoms with van der Waals surface area (Å²) in [6.07, 6.45) is 0.287. The molecule has 0 bridgehead atoms. The number of hydrogen-bond donors (Lipinski definition) is 1. The lowest BCUT2D eigenvalue weighted by molar-refractivity contribution is -0.126. The molecule has 0 radical (unpaired) electrons. The van der Waals surface area contributed by atoms with E-state index in [4.69, 9.17) is 0 Å². The maximum absolute atomic E-state index is 12.6. The highest BCUT2D eigenvalue weighted by atomic mass is 16.2. The van der Waals surface area contributed by atoms with Crippen LogP contribution in [0.4, 0.5) is 11.4 Å². The summed E-state index contributed by atoms with van der Waals surface area (Å²) in [6.45, 7) is 10.1. The Morgan fingerprint density at radius 2 is 1.71 bits per heavy atom. The zero-order valence-corrected chi connectivity index (χ0v) is 18.5. The van der Waals surface area contributed by atoms with Crippen molar-refractivity contribution in [1.82, 2.24) is 10.2 Å². The fraction of sp³-hybridized carbons (Fsp3) is 0.440. The lowest BCUT2D eigenvalue weighted by Gasteiger charge is -2.36. The number of piperazine rings is 1. The number of rotatable bonds is 6. The monoisotopic (exact) mass is 420 g/mol. The van der Waals surface area contributed by atoms with E-state index in [1.54, 1.807) is 4.90 Å². The molecule has 6 nitrogen and oxygen atoms in total. The van der Waals surface area contributed by atoms with Crippen LogP contribution in [-0.4, -0.2) is 62.5 Å². The van der Waals surface area contributed by atoms with Crippen molar-refractivity contribution in [2.24, 2.45) is 5.92 Å². The average molecular weight is 421 g/mol. The van der Waals surface area contributed by atoms with Crippen LogP contribution in [0.5, 0.6) is 0 Å². The first kappa shape index (κ1) is 21.4. The van der Waals surface area contributed by atoms with Crippen LogP contribution >= 0.6 is 0 Å². The molecule has 2 aromatic carbocycles. The average Bonchev–Trinajstić information content (AvgIpc) is 3.16. The van der Waals surface area contributed by atoms with E-state index in [-0.39, 0.29) is 24.2 Å². The van der Waals surface area contributed by atoms with Gasteiger partial charge in [0.1, 0.15) is 0 Å². The maximum atomic E-state index is 12.6. The van der Waals surface area contributed by atoms with Gasteiger partial charge in [0.2, 0.25) is 11.8 Å². The molecule has 0 spiro atoms. The van der Waals surface area contributed by atoms with Gasteiger partial charge >= 0.3 is 0 Å². The Labute approximate surface area is 184 Å². The number of nitrogens with zero attached hydrogens (tertiary/aromatic N) is 3. The molecule has 31 heavy (non-hydrogen) atoms. The number of carbonyl (C=O) groups is 2. The highest BCUT2D eigenvalue weighted by Gasteiger charge is 2.35. The Bertz CT molecular complexity index is 919. The van der Waals surface area contributed by atoms with E-state index < -0.39 is 0 Å². The number of aryl methyl sites for hydroxylation is 2. The minimum atomic E-state index is -0.271. The highest BCUT2D eigenvalue weighted by molar-refractivity contribution is 6.00. The van der Waals surface area contributed by atoms with Gasteiger partial charge in [0.05, 0.1) is 5.92 Å². The van der Waals surface area contributed by atoms with Gasteiger partial charge in [-0.1, -0.05) is 29.8 Å². The second-order valence-electron chi connectivity index (χ2n) is 8.70. The molecule has 1 N–H and O–H groups in total. The second-order valence-corrected chi connectivity index (χ2v) is 8.70. The van der Waals surface area contributed by atoms with E-state index in [9.17, 15) is 9.59 Å². The van der Waals surface area contributed by atoms with E-state index in [1.165, 1.54) is 11.3 Å². The van der Waals surface area contributed by atoms with Crippen molar-refractivity contribution in [1.29, 1.82) is 0 Å². The van der Waals surface area contributed by atoms with Gasteiger partial charge in [-0.25, -0.2) is 0 Å². The smallest absolute Gasteiger partial charge is 0.227 e. The van der Waals surface area contributed by atoms with Crippen LogP contribution in [-0.2, 0) is 9.59 Å². The van der Waals surface area contributed by atoms with Crippen LogP contribution in [0.1, 0.15) is 17.5 Å². The molecule has 164 valence electrons. The normalized spacial score (nSPS) is 19.7. The van der Waals surface area contributed by atoms with Gasteiger partial charge in [0.25, 0.3) is 0 Å². The van der Waals surface area contributed by atoms with Crippen molar-refractivity contribution in [3.8, 4) is 0 Å². The van der Waals surface area contributed by atoms with Gasteiger partial charge in [-0.2, -0.15) is 0 Å². The van der Waals surface area contributed by atoms with Crippen molar-refractivity contribution >= 4 is 23.2 Å². The number of benzene rings is 2. The lowest BCUT2D eigenvalue weighted by Crippen LogP contribution is -2.48. The van der Waals surface area contributed by atoms with E-state index in [0.717, 1.165) is 44.0 Å². The Morgan fingerprint density at radius 1 is 0.968 bits per heavy atom. The van der Waals surface area contributed by atoms with Gasteiger partial charge in [-0.15, -0.1) is 0 Å². The molecule has 1 unspecified atom stereocenters. The molecule has 6 heteroatoms. The molecule has 2 heterocycles. The summed E-state index contributed by atoms with van der Waals surface area (Å²) < 4.78 is 0. The molecule has 2 aliphatic rings. The predicted molar refractivity (Wildman–Crippen MR) is 124 cm³/mol. The van der Waals surface area contributed by atoms with E-state index in [2.05, 4.69) is 46.3 Å². The van der Waals surface area contributed by atoms with Crippen molar-refractivity contribution in [3.63, 3.8) is 0 Å². The minimum Gasteiger partial charge on any atom is -0.369 e. The third kappa shape index (κ3) is 5.25. The maximum Gasteiger partial charge on any atom is 0.227 e. The summed E-state index contributed by atoms with van der Waals surface area (Å²) in [5, 5.41) is 3.05. The fourth-order valence-electron chi connectivity index (χ4n) is 4.39. The number of carbonyl (C=O) groups excluding carboxylic acids is 2. The van der Waals surface area contributed by atoms with Crippen molar-refractivity contribution in [3.05, 3.63) is 59.7 Å². The van der Waals surface area contributed by atoms with Gasteiger partial charge in [0, 0.05) is 63.6 Å². The summed E-state index contributed by atoms with van der Waals surface area (Å²) in [5.74, 6) is -0.260. The van der Waals surface area contributed by atoms with E-state index >= 15 is 0 Å².